The van der Waals surface area contributed by atoms with Crippen molar-refractivity contribution in [2.75, 3.05) is 13.1 Å². The van der Waals surface area contributed by atoms with Crippen molar-refractivity contribution in [3.8, 4) is 0 Å². The second-order valence-electron chi connectivity index (χ2n) is 5.43. The molecular weight excluding hydrogens is 260 g/mol. The number of amides is 1. The fourth-order valence-corrected chi connectivity index (χ4v) is 3.27. The van der Waals surface area contributed by atoms with E-state index in [9.17, 15) is 14.9 Å². The standard InChI is InChI=1S/C13H18N4O3/c18-13(10-5-6-12(15-10)17(19)20)16-8-2-4-11(16)9-3-1-7-14-9/h5-6,9,11,14-15H,1-4,7-8H2. The van der Waals surface area contributed by atoms with Crippen molar-refractivity contribution in [1.29, 1.82) is 0 Å². The van der Waals surface area contributed by atoms with E-state index in [1.54, 1.807) is 0 Å². The van der Waals surface area contributed by atoms with Gasteiger partial charge in [0, 0.05) is 24.7 Å². The third-order valence-corrected chi connectivity index (χ3v) is 4.22. The maximum atomic E-state index is 12.5. The van der Waals surface area contributed by atoms with Crippen molar-refractivity contribution >= 4 is 11.7 Å². The molecule has 2 N–H and O–H groups in total. The average molecular weight is 278 g/mol. The fraction of sp³-hybridized carbons (Fsp3) is 0.615. The van der Waals surface area contributed by atoms with Crippen molar-refractivity contribution in [3.63, 3.8) is 0 Å². The number of H-pyrrole nitrogens is 1. The van der Waals surface area contributed by atoms with Crippen molar-refractivity contribution in [2.45, 2.75) is 37.8 Å². The molecule has 1 aromatic rings. The fourth-order valence-electron chi connectivity index (χ4n) is 3.27. The van der Waals surface area contributed by atoms with Crippen LogP contribution in [-0.2, 0) is 0 Å². The number of nitrogens with zero attached hydrogens (tertiary/aromatic N) is 2. The molecule has 1 amide bonds. The summed E-state index contributed by atoms with van der Waals surface area (Å²) in [6.07, 6.45) is 4.25. The molecule has 20 heavy (non-hydrogen) atoms. The Morgan fingerprint density at radius 3 is 2.85 bits per heavy atom. The smallest absolute Gasteiger partial charge is 0.321 e. The van der Waals surface area contributed by atoms with Crippen LogP contribution in [0.3, 0.4) is 0 Å². The number of carbonyl (C=O) groups is 1. The molecule has 3 heterocycles. The Morgan fingerprint density at radius 1 is 1.35 bits per heavy atom. The van der Waals surface area contributed by atoms with Gasteiger partial charge in [-0.2, -0.15) is 0 Å². The summed E-state index contributed by atoms with van der Waals surface area (Å²) in [7, 11) is 0. The van der Waals surface area contributed by atoms with E-state index in [2.05, 4.69) is 10.3 Å². The Morgan fingerprint density at radius 2 is 2.20 bits per heavy atom. The number of hydrogen-bond acceptors (Lipinski definition) is 4. The van der Waals surface area contributed by atoms with Gasteiger partial charge >= 0.3 is 5.82 Å². The van der Waals surface area contributed by atoms with E-state index in [4.69, 9.17) is 0 Å². The van der Waals surface area contributed by atoms with Crippen LogP contribution < -0.4 is 5.32 Å². The van der Waals surface area contributed by atoms with E-state index in [0.717, 1.165) is 38.8 Å². The first-order valence-electron chi connectivity index (χ1n) is 7.04. The maximum Gasteiger partial charge on any atom is 0.321 e. The van der Waals surface area contributed by atoms with Crippen LogP contribution in [0.1, 0.15) is 36.2 Å². The van der Waals surface area contributed by atoms with Crippen molar-refractivity contribution < 1.29 is 9.72 Å². The van der Waals surface area contributed by atoms with Gasteiger partial charge in [-0.1, -0.05) is 0 Å². The number of aromatic nitrogens is 1. The Hall–Kier alpha value is -1.89. The zero-order chi connectivity index (χ0) is 14.1. The number of nitro groups is 1. The van der Waals surface area contributed by atoms with Crippen LogP contribution in [0.2, 0.25) is 0 Å². The Labute approximate surface area is 116 Å². The molecule has 0 bridgehead atoms. The molecule has 0 aliphatic carbocycles. The van der Waals surface area contributed by atoms with Crippen molar-refractivity contribution in [3.05, 3.63) is 27.9 Å². The lowest BCUT2D eigenvalue weighted by Gasteiger charge is -2.28. The topological polar surface area (TPSA) is 91.3 Å². The molecule has 7 heteroatoms. The van der Waals surface area contributed by atoms with Crippen LogP contribution in [0.5, 0.6) is 0 Å². The zero-order valence-electron chi connectivity index (χ0n) is 11.2. The summed E-state index contributed by atoms with van der Waals surface area (Å²) in [4.78, 5) is 27.1. The first-order chi connectivity index (χ1) is 9.66. The molecule has 2 fully saturated rings. The summed E-state index contributed by atoms with van der Waals surface area (Å²) in [5, 5.41) is 14.1. The van der Waals surface area contributed by atoms with E-state index in [1.165, 1.54) is 12.1 Å². The Kier molecular flexibility index (Phi) is 3.43. The van der Waals surface area contributed by atoms with E-state index < -0.39 is 4.92 Å². The first-order valence-corrected chi connectivity index (χ1v) is 7.04. The number of likely N-dealkylation sites (tertiary alicyclic amines) is 1. The number of aromatic amines is 1. The zero-order valence-corrected chi connectivity index (χ0v) is 11.2. The minimum absolute atomic E-state index is 0.130. The highest BCUT2D eigenvalue weighted by atomic mass is 16.6. The van der Waals surface area contributed by atoms with Crippen LogP contribution >= 0.6 is 0 Å². The van der Waals surface area contributed by atoms with E-state index in [1.807, 2.05) is 4.90 Å². The summed E-state index contributed by atoms with van der Waals surface area (Å²) in [6, 6.07) is 3.42. The minimum Gasteiger partial charge on any atom is -0.358 e. The van der Waals surface area contributed by atoms with Crippen LogP contribution in [0.15, 0.2) is 12.1 Å². The van der Waals surface area contributed by atoms with Gasteiger partial charge in [-0.3, -0.25) is 4.79 Å². The second-order valence-corrected chi connectivity index (χ2v) is 5.43. The van der Waals surface area contributed by atoms with Gasteiger partial charge in [0.25, 0.3) is 5.91 Å². The second kappa shape index (κ2) is 5.24. The maximum absolute atomic E-state index is 12.5. The summed E-state index contributed by atoms with van der Waals surface area (Å²) in [6.45, 7) is 1.74. The van der Waals surface area contributed by atoms with Gasteiger partial charge in [-0.05, 0) is 43.2 Å². The lowest BCUT2D eigenvalue weighted by Crippen LogP contribution is -2.46. The van der Waals surface area contributed by atoms with Crippen LogP contribution in [0.4, 0.5) is 5.82 Å². The number of hydrogen-bond donors (Lipinski definition) is 2. The predicted octanol–water partition coefficient (Wildman–Crippen LogP) is 1.28. The van der Waals surface area contributed by atoms with Gasteiger partial charge in [0.15, 0.2) is 5.69 Å². The molecule has 0 saturated carbocycles. The Bertz CT molecular complexity index is 521. The molecule has 7 nitrogen and oxygen atoms in total. The predicted molar refractivity (Wildman–Crippen MR) is 72.5 cm³/mol. The molecule has 2 atom stereocenters. The highest BCUT2D eigenvalue weighted by Gasteiger charge is 2.37. The quantitative estimate of drug-likeness (QED) is 0.643. The Balaban J connectivity index is 1.76. The molecule has 2 aliphatic heterocycles. The molecule has 2 unspecified atom stereocenters. The normalized spacial score (nSPS) is 26.1. The van der Waals surface area contributed by atoms with Crippen molar-refractivity contribution in [1.82, 2.24) is 15.2 Å². The molecule has 2 aliphatic rings. The summed E-state index contributed by atoms with van der Waals surface area (Å²) in [5.41, 5.74) is 0.307. The lowest BCUT2D eigenvalue weighted by molar-refractivity contribution is -0.389. The van der Waals surface area contributed by atoms with E-state index in [-0.39, 0.29) is 17.8 Å². The van der Waals surface area contributed by atoms with Crippen LogP contribution in [0.25, 0.3) is 0 Å². The third-order valence-electron chi connectivity index (χ3n) is 4.22. The van der Waals surface area contributed by atoms with Crippen LogP contribution in [0, 0.1) is 10.1 Å². The monoisotopic (exact) mass is 278 g/mol. The first kappa shape index (κ1) is 13.1. The van der Waals surface area contributed by atoms with Crippen LogP contribution in [-0.4, -0.2) is 45.9 Å². The van der Waals surface area contributed by atoms with Gasteiger partial charge in [0.2, 0.25) is 0 Å². The number of nitrogens with one attached hydrogen (secondary N) is 2. The van der Waals surface area contributed by atoms with E-state index >= 15 is 0 Å². The third kappa shape index (κ3) is 2.29. The molecule has 0 radical (unpaired) electrons. The molecule has 0 spiro atoms. The summed E-state index contributed by atoms with van der Waals surface area (Å²) in [5.74, 6) is -0.266. The molecule has 1 aromatic heterocycles. The molecular formula is C13H18N4O3. The molecule has 108 valence electrons. The average Bonchev–Trinajstić information content (AvgIpc) is 3.17. The minimum atomic E-state index is -0.517. The summed E-state index contributed by atoms with van der Waals surface area (Å²) < 4.78 is 0. The number of rotatable bonds is 3. The van der Waals surface area contributed by atoms with Gasteiger partial charge in [-0.25, -0.2) is 4.98 Å². The van der Waals surface area contributed by atoms with Gasteiger partial charge < -0.3 is 20.3 Å². The van der Waals surface area contributed by atoms with Gasteiger partial charge in [-0.15, -0.1) is 0 Å². The van der Waals surface area contributed by atoms with E-state index in [0.29, 0.717) is 11.7 Å². The molecule has 3 rings (SSSR count). The highest BCUT2D eigenvalue weighted by molar-refractivity contribution is 5.93. The molecule has 2 saturated heterocycles. The SMILES string of the molecule is O=C(c1ccc([N+](=O)[O-])[nH]1)N1CCCC1C1CCCN1. The summed E-state index contributed by atoms with van der Waals surface area (Å²) >= 11 is 0. The number of carbonyl (C=O) groups excluding carboxylic acids is 1. The lowest BCUT2D eigenvalue weighted by atomic mass is 10.0. The van der Waals surface area contributed by atoms with Crippen molar-refractivity contribution in [2.24, 2.45) is 0 Å². The highest BCUT2D eigenvalue weighted by Crippen LogP contribution is 2.26. The van der Waals surface area contributed by atoms with Gasteiger partial charge in [0.1, 0.15) is 0 Å². The molecule has 0 aromatic carbocycles. The largest absolute Gasteiger partial charge is 0.358 e. The van der Waals surface area contributed by atoms with Gasteiger partial charge in [0.05, 0.1) is 0 Å².